The minimum absolute atomic E-state index is 0.108. The van der Waals surface area contributed by atoms with Gasteiger partial charge in [0.2, 0.25) is 5.91 Å². The van der Waals surface area contributed by atoms with Crippen LogP contribution in [0.3, 0.4) is 0 Å². The molecule has 0 unspecified atom stereocenters. The Balaban J connectivity index is 1.35. The van der Waals surface area contributed by atoms with Crippen LogP contribution in [0.25, 0.3) is 11.3 Å². The van der Waals surface area contributed by atoms with Gasteiger partial charge in [0.25, 0.3) is 0 Å². The SMILES string of the molecule is O=C(N[C@]1(c2ccccc2)CCN(c2ccc(-c3ccccc3)nn2)C[C@H]1O)C1CC(O)C1. The van der Waals surface area contributed by atoms with Crippen LogP contribution in [0.15, 0.2) is 72.8 Å². The summed E-state index contributed by atoms with van der Waals surface area (Å²) in [5.41, 5.74) is 1.80. The minimum atomic E-state index is -0.882. The lowest BCUT2D eigenvalue weighted by atomic mass is 9.76. The van der Waals surface area contributed by atoms with Crippen molar-refractivity contribution in [2.75, 3.05) is 18.0 Å². The average molecular weight is 445 g/mol. The maximum atomic E-state index is 12.9. The fourth-order valence-electron chi connectivity index (χ4n) is 4.81. The number of piperidine rings is 1. The van der Waals surface area contributed by atoms with Gasteiger partial charge in [-0.15, -0.1) is 10.2 Å². The predicted molar refractivity (Wildman–Crippen MR) is 125 cm³/mol. The molecule has 1 saturated heterocycles. The van der Waals surface area contributed by atoms with Crippen LogP contribution in [0.4, 0.5) is 5.82 Å². The van der Waals surface area contributed by atoms with E-state index in [1.165, 1.54) is 0 Å². The maximum absolute atomic E-state index is 12.9. The monoisotopic (exact) mass is 444 g/mol. The first kappa shape index (κ1) is 21.6. The molecule has 2 aromatic carbocycles. The van der Waals surface area contributed by atoms with E-state index in [4.69, 9.17) is 0 Å². The van der Waals surface area contributed by atoms with Crippen molar-refractivity contribution >= 4 is 11.7 Å². The lowest BCUT2D eigenvalue weighted by Gasteiger charge is -2.47. The van der Waals surface area contributed by atoms with E-state index in [1.807, 2.05) is 77.7 Å². The van der Waals surface area contributed by atoms with Gasteiger partial charge in [-0.3, -0.25) is 4.79 Å². The van der Waals surface area contributed by atoms with Crippen molar-refractivity contribution in [3.05, 3.63) is 78.4 Å². The zero-order valence-electron chi connectivity index (χ0n) is 18.3. The van der Waals surface area contributed by atoms with Crippen LogP contribution in [0.5, 0.6) is 0 Å². The molecule has 0 radical (unpaired) electrons. The summed E-state index contributed by atoms with van der Waals surface area (Å²) in [6.07, 6.45) is 0.238. The number of aliphatic hydroxyl groups is 2. The van der Waals surface area contributed by atoms with E-state index in [2.05, 4.69) is 15.5 Å². The van der Waals surface area contributed by atoms with Gasteiger partial charge in [0, 0.05) is 24.6 Å². The topological polar surface area (TPSA) is 98.6 Å². The smallest absolute Gasteiger partial charge is 0.224 e. The number of benzene rings is 2. The van der Waals surface area contributed by atoms with Gasteiger partial charge >= 0.3 is 0 Å². The summed E-state index contributed by atoms with van der Waals surface area (Å²) in [6.45, 7) is 0.931. The molecule has 3 aromatic rings. The quantitative estimate of drug-likeness (QED) is 0.559. The number of hydrogen-bond acceptors (Lipinski definition) is 6. The Kier molecular flexibility index (Phi) is 5.83. The van der Waals surface area contributed by atoms with Crippen molar-refractivity contribution in [1.29, 1.82) is 0 Å². The molecule has 3 N–H and O–H groups in total. The van der Waals surface area contributed by atoms with Crippen molar-refractivity contribution in [1.82, 2.24) is 15.5 Å². The molecule has 2 atom stereocenters. The molecule has 7 heteroatoms. The molecule has 1 aliphatic carbocycles. The molecule has 1 aromatic heterocycles. The van der Waals surface area contributed by atoms with E-state index in [1.54, 1.807) is 0 Å². The summed E-state index contributed by atoms with van der Waals surface area (Å²) in [5, 5.41) is 32.9. The Morgan fingerprint density at radius 1 is 0.939 bits per heavy atom. The molecule has 2 aliphatic rings. The van der Waals surface area contributed by atoms with E-state index in [-0.39, 0.29) is 11.8 Å². The molecule has 2 heterocycles. The first-order valence-electron chi connectivity index (χ1n) is 11.4. The third-order valence-electron chi connectivity index (χ3n) is 6.90. The highest BCUT2D eigenvalue weighted by Crippen LogP contribution is 2.37. The Morgan fingerprint density at radius 2 is 1.64 bits per heavy atom. The van der Waals surface area contributed by atoms with Crippen LogP contribution in [0.2, 0.25) is 0 Å². The molecule has 170 valence electrons. The van der Waals surface area contributed by atoms with Crippen molar-refractivity contribution in [2.24, 2.45) is 5.92 Å². The first-order chi connectivity index (χ1) is 16.0. The van der Waals surface area contributed by atoms with Gasteiger partial charge in [-0.1, -0.05) is 60.7 Å². The summed E-state index contributed by atoms with van der Waals surface area (Å²) in [7, 11) is 0. The van der Waals surface area contributed by atoms with Crippen molar-refractivity contribution in [2.45, 2.75) is 37.0 Å². The highest BCUT2D eigenvalue weighted by Gasteiger charge is 2.47. The van der Waals surface area contributed by atoms with E-state index >= 15 is 0 Å². The van der Waals surface area contributed by atoms with Crippen LogP contribution in [0.1, 0.15) is 24.8 Å². The van der Waals surface area contributed by atoms with Gasteiger partial charge in [0.1, 0.15) is 0 Å². The highest BCUT2D eigenvalue weighted by molar-refractivity contribution is 5.81. The molecule has 5 rings (SSSR count). The average Bonchev–Trinajstić information content (AvgIpc) is 2.84. The van der Waals surface area contributed by atoms with E-state index in [0.29, 0.717) is 38.2 Å². The van der Waals surface area contributed by atoms with Crippen molar-refractivity contribution < 1.29 is 15.0 Å². The van der Waals surface area contributed by atoms with Gasteiger partial charge in [-0.2, -0.15) is 0 Å². The van der Waals surface area contributed by atoms with Gasteiger partial charge < -0.3 is 20.4 Å². The summed E-state index contributed by atoms with van der Waals surface area (Å²) >= 11 is 0. The number of nitrogens with one attached hydrogen (secondary N) is 1. The third-order valence-corrected chi connectivity index (χ3v) is 6.90. The molecule has 1 aliphatic heterocycles. The molecule has 33 heavy (non-hydrogen) atoms. The number of carbonyl (C=O) groups excluding carboxylic acids is 1. The van der Waals surface area contributed by atoms with Crippen LogP contribution >= 0.6 is 0 Å². The number of aromatic nitrogens is 2. The van der Waals surface area contributed by atoms with Crippen LogP contribution in [-0.4, -0.2) is 51.6 Å². The van der Waals surface area contributed by atoms with E-state index < -0.39 is 17.7 Å². The Labute approximate surface area is 193 Å². The van der Waals surface area contributed by atoms with Crippen LogP contribution in [-0.2, 0) is 10.3 Å². The largest absolute Gasteiger partial charge is 0.393 e. The number of β-amino-alcohol motifs (C(OH)–C–C–N with tert-alkyl or cyclic N) is 1. The van der Waals surface area contributed by atoms with Crippen LogP contribution in [0, 0.1) is 5.92 Å². The normalized spacial score (nSPS) is 27.0. The second kappa shape index (κ2) is 8.92. The second-order valence-corrected chi connectivity index (χ2v) is 9.00. The van der Waals surface area contributed by atoms with Crippen LogP contribution < -0.4 is 10.2 Å². The zero-order chi connectivity index (χ0) is 22.8. The lowest BCUT2D eigenvalue weighted by Crippen LogP contribution is -2.63. The Bertz CT molecular complexity index is 1090. The number of carbonyl (C=O) groups is 1. The third kappa shape index (κ3) is 4.21. The maximum Gasteiger partial charge on any atom is 0.224 e. The van der Waals surface area contributed by atoms with Gasteiger partial charge in [0.15, 0.2) is 5.82 Å². The summed E-state index contributed by atoms with van der Waals surface area (Å²) < 4.78 is 0. The van der Waals surface area contributed by atoms with E-state index in [9.17, 15) is 15.0 Å². The fraction of sp³-hybridized carbons (Fsp3) is 0.346. The molecular weight excluding hydrogens is 416 g/mol. The Morgan fingerprint density at radius 3 is 2.24 bits per heavy atom. The molecule has 0 spiro atoms. The summed E-state index contributed by atoms with van der Waals surface area (Å²) in [6, 6.07) is 23.4. The highest BCUT2D eigenvalue weighted by atomic mass is 16.3. The standard InChI is InChI=1S/C26H28N4O3/c31-21-15-19(16-21)25(33)27-26(20-9-5-2-6-10-20)13-14-30(17-23(26)32)24-12-11-22(28-29-24)18-7-3-1-4-8-18/h1-12,19,21,23,31-32H,13-17H2,(H,27,33)/t19?,21?,23-,26+/m1/s1. The summed E-state index contributed by atoms with van der Waals surface area (Å²) in [5.74, 6) is 0.384. The van der Waals surface area contributed by atoms with E-state index in [0.717, 1.165) is 16.8 Å². The van der Waals surface area contributed by atoms with Gasteiger partial charge in [-0.25, -0.2) is 0 Å². The molecular formula is C26H28N4O3. The number of nitrogens with zero attached hydrogens (tertiary/aromatic N) is 3. The van der Waals surface area contributed by atoms with Crippen molar-refractivity contribution in [3.63, 3.8) is 0 Å². The Hall–Kier alpha value is -3.29. The fourth-order valence-corrected chi connectivity index (χ4v) is 4.81. The minimum Gasteiger partial charge on any atom is -0.393 e. The molecule has 1 amide bonds. The van der Waals surface area contributed by atoms with Gasteiger partial charge in [-0.05, 0) is 37.0 Å². The number of hydrogen-bond donors (Lipinski definition) is 3. The first-order valence-corrected chi connectivity index (χ1v) is 11.4. The lowest BCUT2D eigenvalue weighted by molar-refractivity contribution is -0.136. The molecule has 7 nitrogen and oxygen atoms in total. The zero-order valence-corrected chi connectivity index (χ0v) is 18.3. The molecule has 1 saturated carbocycles. The number of anilines is 1. The van der Waals surface area contributed by atoms with Gasteiger partial charge in [0.05, 0.1) is 23.4 Å². The predicted octanol–water partition coefficient (Wildman–Crippen LogP) is 2.50. The molecule has 2 fully saturated rings. The molecule has 0 bridgehead atoms. The second-order valence-electron chi connectivity index (χ2n) is 9.00. The number of rotatable bonds is 5. The summed E-state index contributed by atoms with van der Waals surface area (Å²) in [4.78, 5) is 14.9. The number of aliphatic hydroxyl groups excluding tert-OH is 2. The van der Waals surface area contributed by atoms with Crippen molar-refractivity contribution in [3.8, 4) is 11.3 Å². The number of amides is 1.